The van der Waals surface area contributed by atoms with Crippen LogP contribution in [0.5, 0.6) is 0 Å². The summed E-state index contributed by atoms with van der Waals surface area (Å²) in [4.78, 5) is 31.0. The van der Waals surface area contributed by atoms with Crippen LogP contribution in [-0.4, -0.2) is 95.4 Å². The van der Waals surface area contributed by atoms with E-state index in [9.17, 15) is 28.3 Å². The van der Waals surface area contributed by atoms with Gasteiger partial charge in [-0.25, -0.2) is 13.2 Å². The van der Waals surface area contributed by atoms with Gasteiger partial charge in [-0.1, -0.05) is 81.7 Å². The molecule has 3 amide bonds. The maximum atomic E-state index is 14.2. The molecule has 13 nitrogen and oxygen atoms in total. The summed E-state index contributed by atoms with van der Waals surface area (Å²) in [6.07, 6.45) is 3.48. The van der Waals surface area contributed by atoms with Crippen molar-refractivity contribution in [2.75, 3.05) is 26.2 Å². The third-order valence-corrected chi connectivity index (χ3v) is 10.7. The van der Waals surface area contributed by atoms with Crippen molar-refractivity contribution in [2.45, 2.75) is 70.2 Å². The van der Waals surface area contributed by atoms with E-state index < -0.39 is 34.1 Å². The summed E-state index contributed by atoms with van der Waals surface area (Å²) in [5, 5.41) is 38.4. The Bertz CT molecular complexity index is 1710. The van der Waals surface area contributed by atoms with Crippen LogP contribution in [0.25, 0.3) is 0 Å². The number of urea groups is 1. The second-order valence-electron chi connectivity index (χ2n) is 13.2. The molecule has 3 aromatic rings. The molecule has 0 aliphatic carbocycles. The minimum absolute atomic E-state index is 0.0126. The summed E-state index contributed by atoms with van der Waals surface area (Å²) in [6.45, 7) is 8.32. The van der Waals surface area contributed by atoms with Crippen molar-refractivity contribution in [1.82, 2.24) is 19.4 Å². The van der Waals surface area contributed by atoms with Gasteiger partial charge in [-0.2, -0.15) is 9.04 Å². The van der Waals surface area contributed by atoms with Gasteiger partial charge in [0, 0.05) is 37.8 Å². The van der Waals surface area contributed by atoms with Crippen LogP contribution in [0.4, 0.5) is 4.79 Å². The van der Waals surface area contributed by atoms with Gasteiger partial charge in [-0.05, 0) is 47.6 Å². The highest BCUT2D eigenvalue weighted by Crippen LogP contribution is 2.24. The number of aliphatic hydroxyl groups is 1. The maximum Gasteiger partial charge on any atom is 0.321 e. The lowest BCUT2D eigenvalue weighted by molar-refractivity contribution is -0.605. The zero-order valence-corrected chi connectivity index (χ0v) is 29.8. The zero-order valence-electron chi connectivity index (χ0n) is 29.0. The molecule has 1 aliphatic heterocycles. The first-order valence-electron chi connectivity index (χ1n) is 16.9. The van der Waals surface area contributed by atoms with Crippen molar-refractivity contribution in [3.05, 3.63) is 101 Å². The molecule has 4 atom stereocenters. The Morgan fingerprint density at radius 3 is 2.34 bits per heavy atom. The van der Waals surface area contributed by atoms with Crippen LogP contribution < -0.4 is 10.0 Å². The molecule has 0 spiro atoms. The minimum Gasteiger partial charge on any atom is -0.619 e. The first-order chi connectivity index (χ1) is 23.8. The largest absolute Gasteiger partial charge is 0.619 e. The van der Waals surface area contributed by atoms with Gasteiger partial charge in [0.2, 0.25) is 15.9 Å². The topological polar surface area (TPSA) is 170 Å². The molecule has 2 aromatic carbocycles. The van der Waals surface area contributed by atoms with Crippen molar-refractivity contribution in [1.29, 1.82) is 0 Å². The molecule has 50 heavy (non-hydrogen) atoms. The fourth-order valence-electron chi connectivity index (χ4n) is 6.13. The third-order valence-electron chi connectivity index (χ3n) is 8.90. The third kappa shape index (κ3) is 9.79. The van der Waals surface area contributed by atoms with Crippen LogP contribution in [0.3, 0.4) is 0 Å². The summed E-state index contributed by atoms with van der Waals surface area (Å²) in [5.41, 5.74) is 2.01. The Labute approximate surface area is 294 Å². The Morgan fingerprint density at radius 1 is 1.04 bits per heavy atom. The van der Waals surface area contributed by atoms with Crippen LogP contribution in [0.1, 0.15) is 50.8 Å². The maximum absolute atomic E-state index is 14.2. The van der Waals surface area contributed by atoms with Gasteiger partial charge in [-0.15, -0.1) is 0 Å². The highest BCUT2D eigenvalue weighted by Gasteiger charge is 2.41. The van der Waals surface area contributed by atoms with Crippen molar-refractivity contribution < 1.29 is 33.1 Å². The number of carbonyl (C=O) groups excluding carboxylic acids is 2. The molecule has 4 rings (SSSR count). The number of nitrogens with one attached hydrogen (secondary N) is 1. The molecular weight excluding hydrogens is 660 g/mol. The molecule has 0 saturated carbocycles. The molecule has 0 radical (unpaired) electrons. The van der Waals surface area contributed by atoms with Gasteiger partial charge in [-0.3, -0.25) is 4.79 Å². The molecule has 1 saturated heterocycles. The SMILES string of the molecule is CCC(C)C(C(=O)N[C@@H](Cc1ccccc1)[C@H](O)CN(CC(C)C)S(=O)(=O)c1ccc(/C=N/O)cc1)N1CCN(Cc2ccc[n+]([O-])c2)C1=O. The average Bonchev–Trinajstić information content (AvgIpc) is 3.43. The smallest absolute Gasteiger partial charge is 0.321 e. The number of aromatic nitrogens is 1. The number of hydrogen-bond acceptors (Lipinski definition) is 8. The van der Waals surface area contributed by atoms with Crippen LogP contribution in [0, 0.1) is 17.0 Å². The second kappa shape index (κ2) is 17.4. The highest BCUT2D eigenvalue weighted by molar-refractivity contribution is 7.89. The van der Waals surface area contributed by atoms with E-state index in [-0.39, 0.29) is 48.8 Å². The van der Waals surface area contributed by atoms with Gasteiger partial charge in [0.1, 0.15) is 6.04 Å². The van der Waals surface area contributed by atoms with E-state index in [1.165, 1.54) is 47.2 Å². The van der Waals surface area contributed by atoms with E-state index in [2.05, 4.69) is 10.5 Å². The normalized spacial score (nSPS) is 16.3. The first kappa shape index (κ1) is 38.3. The van der Waals surface area contributed by atoms with Crippen LogP contribution in [0.15, 0.2) is 89.2 Å². The summed E-state index contributed by atoms with van der Waals surface area (Å²) >= 11 is 0. The van der Waals surface area contributed by atoms with Gasteiger partial charge in [0.15, 0.2) is 12.4 Å². The Hall–Kier alpha value is -4.53. The number of benzene rings is 2. The van der Waals surface area contributed by atoms with Crippen LogP contribution in [0.2, 0.25) is 0 Å². The molecule has 1 fully saturated rings. The lowest BCUT2D eigenvalue weighted by atomic mass is 9.95. The van der Waals surface area contributed by atoms with E-state index in [1.807, 2.05) is 58.0 Å². The van der Waals surface area contributed by atoms with Crippen LogP contribution in [-0.2, 0) is 27.8 Å². The van der Waals surface area contributed by atoms with Crippen molar-refractivity contribution in [3.8, 4) is 0 Å². The molecule has 14 heteroatoms. The number of carbonyl (C=O) groups is 2. The summed E-state index contributed by atoms with van der Waals surface area (Å²) in [6, 6.07) is 16.5. The summed E-state index contributed by atoms with van der Waals surface area (Å²) in [7, 11) is -4.07. The van der Waals surface area contributed by atoms with E-state index in [4.69, 9.17) is 5.21 Å². The fraction of sp³-hybridized carbons (Fsp3) is 0.444. The van der Waals surface area contributed by atoms with Gasteiger partial charge < -0.3 is 30.6 Å². The lowest BCUT2D eigenvalue weighted by Crippen LogP contribution is -2.57. The summed E-state index contributed by atoms with van der Waals surface area (Å²) < 4.78 is 29.7. The van der Waals surface area contributed by atoms with Gasteiger partial charge >= 0.3 is 6.03 Å². The molecule has 0 bridgehead atoms. The highest BCUT2D eigenvalue weighted by atomic mass is 32.2. The van der Waals surface area contributed by atoms with Crippen molar-refractivity contribution >= 4 is 28.2 Å². The van der Waals surface area contributed by atoms with E-state index in [1.54, 1.807) is 21.9 Å². The number of pyridine rings is 1. The Balaban J connectivity index is 1.59. The molecule has 270 valence electrons. The predicted molar refractivity (Wildman–Crippen MR) is 189 cm³/mol. The number of sulfonamides is 1. The van der Waals surface area contributed by atoms with Crippen molar-refractivity contribution in [3.63, 3.8) is 0 Å². The lowest BCUT2D eigenvalue weighted by Gasteiger charge is -2.35. The quantitative estimate of drug-likeness (QED) is 0.0636. The number of nitrogens with zero attached hydrogens (tertiary/aromatic N) is 5. The summed E-state index contributed by atoms with van der Waals surface area (Å²) in [5.74, 6) is -0.745. The van der Waals surface area contributed by atoms with E-state index >= 15 is 0 Å². The second-order valence-corrected chi connectivity index (χ2v) is 15.1. The number of oxime groups is 1. The Morgan fingerprint density at radius 2 is 1.72 bits per heavy atom. The number of hydrogen-bond donors (Lipinski definition) is 3. The average molecular weight is 709 g/mol. The zero-order chi connectivity index (χ0) is 36.4. The molecule has 3 N–H and O–H groups in total. The monoisotopic (exact) mass is 708 g/mol. The van der Waals surface area contributed by atoms with Gasteiger partial charge in [0.25, 0.3) is 0 Å². The number of rotatable bonds is 17. The molecule has 1 aromatic heterocycles. The van der Waals surface area contributed by atoms with Gasteiger partial charge in [0.05, 0.1) is 29.8 Å². The fourth-order valence-corrected chi connectivity index (χ4v) is 7.75. The van der Waals surface area contributed by atoms with Crippen molar-refractivity contribution in [2.24, 2.45) is 17.0 Å². The van der Waals surface area contributed by atoms with E-state index in [0.717, 1.165) is 5.56 Å². The van der Waals surface area contributed by atoms with E-state index in [0.29, 0.717) is 35.4 Å². The number of aliphatic hydroxyl groups excluding tert-OH is 1. The minimum atomic E-state index is -4.07. The Kier molecular flexibility index (Phi) is 13.3. The number of amides is 3. The molecule has 2 heterocycles. The predicted octanol–water partition coefficient (Wildman–Crippen LogP) is 3.22. The van der Waals surface area contributed by atoms with Crippen LogP contribution >= 0.6 is 0 Å². The molecule has 2 unspecified atom stereocenters. The molecule has 1 aliphatic rings. The standard InChI is InChI=1S/C36H48N6O7S/c1-5-27(4)34(42-19-18-39(36(42)45)23-30-12-9-17-40(47)24-30)35(44)38-32(20-28-10-7-6-8-11-28)33(43)25-41(22-26(2)3)50(48,49)31-15-13-29(14-16-31)21-37-46/h6-17,21,24,26-27,32-34,43,46H,5,18-20,22-23,25H2,1-4H3,(H,38,44)/b37-21+/t27?,32-,33+,34?/m0/s1. The first-order valence-corrected chi connectivity index (χ1v) is 18.3. The molecular formula is C36H48N6O7S.